The Morgan fingerprint density at radius 2 is 1.87 bits per heavy atom. The van der Waals surface area contributed by atoms with Gasteiger partial charge in [-0.1, -0.05) is 0 Å². The van der Waals surface area contributed by atoms with Crippen molar-refractivity contribution in [2.45, 2.75) is 18.9 Å². The number of hydrogen-bond acceptors (Lipinski definition) is 5. The summed E-state index contributed by atoms with van der Waals surface area (Å²) >= 11 is 0. The number of likely N-dealkylation sites (tertiary alicyclic amines) is 1. The van der Waals surface area contributed by atoms with Crippen LogP contribution in [0.25, 0.3) is 0 Å². The lowest BCUT2D eigenvalue weighted by atomic mass is 10.2. The summed E-state index contributed by atoms with van der Waals surface area (Å²) in [6.07, 6.45) is -3.09. The summed E-state index contributed by atoms with van der Waals surface area (Å²) in [5.74, 6) is -0.769. The molecule has 160 valence electrons. The zero-order valence-corrected chi connectivity index (χ0v) is 16.3. The Morgan fingerprint density at radius 1 is 1.17 bits per heavy atom. The summed E-state index contributed by atoms with van der Waals surface area (Å²) in [5, 5.41) is 0. The number of carbonyl (C=O) groups is 2. The van der Waals surface area contributed by atoms with E-state index in [-0.39, 0.29) is 35.9 Å². The van der Waals surface area contributed by atoms with Crippen molar-refractivity contribution in [3.8, 4) is 11.6 Å². The van der Waals surface area contributed by atoms with Crippen molar-refractivity contribution in [2.75, 3.05) is 27.2 Å². The molecule has 2 amide bonds. The van der Waals surface area contributed by atoms with Crippen molar-refractivity contribution >= 4 is 11.8 Å². The van der Waals surface area contributed by atoms with Gasteiger partial charge < -0.3 is 19.3 Å². The molecule has 2 aromatic rings. The third-order valence-electron chi connectivity index (χ3n) is 4.45. The first-order valence-corrected chi connectivity index (χ1v) is 9.12. The monoisotopic (exact) mass is 423 g/mol. The minimum Gasteiger partial charge on any atom is -0.472 e. The van der Waals surface area contributed by atoms with Crippen LogP contribution in [0.2, 0.25) is 0 Å². The molecule has 1 saturated heterocycles. The number of hydrogen-bond donors (Lipinski definition) is 0. The highest BCUT2D eigenvalue weighted by Crippen LogP contribution is 2.25. The Morgan fingerprint density at radius 3 is 2.50 bits per heavy atom. The molecule has 30 heavy (non-hydrogen) atoms. The van der Waals surface area contributed by atoms with Crippen molar-refractivity contribution < 1.29 is 32.2 Å². The summed E-state index contributed by atoms with van der Waals surface area (Å²) in [6.45, 7) is 0.680. The fraction of sp³-hybridized carbons (Fsp3) is 0.350. The lowest BCUT2D eigenvalue weighted by Crippen LogP contribution is -2.31. The highest BCUT2D eigenvalue weighted by Gasteiger charge is 2.32. The van der Waals surface area contributed by atoms with Gasteiger partial charge in [0.1, 0.15) is 17.4 Å². The maximum Gasteiger partial charge on any atom is 0.573 e. The molecule has 7 nitrogen and oxygen atoms in total. The Hall–Kier alpha value is -3.30. The van der Waals surface area contributed by atoms with Crippen molar-refractivity contribution in [3.05, 3.63) is 53.7 Å². The van der Waals surface area contributed by atoms with Gasteiger partial charge in [0.2, 0.25) is 5.88 Å². The molecule has 1 fully saturated rings. The van der Waals surface area contributed by atoms with Gasteiger partial charge in [0.05, 0.1) is 6.54 Å². The number of halogens is 3. The summed E-state index contributed by atoms with van der Waals surface area (Å²) in [4.78, 5) is 32.0. The molecule has 2 heterocycles. The van der Waals surface area contributed by atoms with Crippen LogP contribution in [0.4, 0.5) is 13.2 Å². The van der Waals surface area contributed by atoms with E-state index in [4.69, 9.17) is 4.74 Å². The normalized spacial score (nSPS) is 16.3. The fourth-order valence-electron chi connectivity index (χ4n) is 3.04. The molecule has 0 spiro atoms. The van der Waals surface area contributed by atoms with Gasteiger partial charge in [0.15, 0.2) is 0 Å². The van der Waals surface area contributed by atoms with Crippen LogP contribution in [0, 0.1) is 0 Å². The summed E-state index contributed by atoms with van der Waals surface area (Å²) in [7, 11) is 3.25. The number of benzene rings is 1. The molecule has 0 radical (unpaired) electrons. The molecular weight excluding hydrogens is 403 g/mol. The number of aromatic nitrogens is 1. The second kappa shape index (κ2) is 8.60. The van der Waals surface area contributed by atoms with E-state index in [0.29, 0.717) is 18.5 Å². The minimum absolute atomic E-state index is 0.198. The van der Waals surface area contributed by atoms with Crippen LogP contribution >= 0.6 is 0 Å². The van der Waals surface area contributed by atoms with Crippen LogP contribution < -0.4 is 9.47 Å². The quantitative estimate of drug-likeness (QED) is 0.740. The largest absolute Gasteiger partial charge is 0.573 e. The lowest BCUT2D eigenvalue weighted by Gasteiger charge is -2.19. The number of carbonyl (C=O) groups excluding carboxylic acids is 2. The average molecular weight is 423 g/mol. The smallest absolute Gasteiger partial charge is 0.472 e. The van der Waals surface area contributed by atoms with Crippen LogP contribution in [-0.4, -0.2) is 66.2 Å². The van der Waals surface area contributed by atoms with Crippen LogP contribution in [-0.2, 0) is 0 Å². The third-order valence-corrected chi connectivity index (χ3v) is 4.45. The third kappa shape index (κ3) is 5.19. The van der Waals surface area contributed by atoms with Crippen LogP contribution in [0.15, 0.2) is 42.6 Å². The molecule has 0 bridgehead atoms. The Kier molecular flexibility index (Phi) is 6.14. The molecule has 1 aromatic carbocycles. The highest BCUT2D eigenvalue weighted by molar-refractivity contribution is 5.96. The molecule has 1 aromatic heterocycles. The van der Waals surface area contributed by atoms with E-state index in [0.717, 1.165) is 12.1 Å². The first-order valence-electron chi connectivity index (χ1n) is 9.12. The molecular formula is C20H20F3N3O4. The first-order chi connectivity index (χ1) is 14.1. The van der Waals surface area contributed by atoms with Gasteiger partial charge in [-0.3, -0.25) is 9.59 Å². The van der Waals surface area contributed by atoms with Crippen LogP contribution in [0.3, 0.4) is 0 Å². The standard InChI is InChI=1S/C20H20F3N3O4/c1-25(2)19(28)16-4-3-10-24-17(16)29-15-9-11-26(12-15)18(27)13-5-7-14(8-6-13)30-20(21,22)23/h3-8,10,15H,9,11-12H2,1-2H3. The second-order valence-corrected chi connectivity index (χ2v) is 6.91. The summed E-state index contributed by atoms with van der Waals surface area (Å²) < 4.78 is 46.4. The zero-order chi connectivity index (χ0) is 21.9. The molecule has 10 heteroatoms. The predicted molar refractivity (Wildman–Crippen MR) is 100 cm³/mol. The van der Waals surface area contributed by atoms with Gasteiger partial charge >= 0.3 is 6.36 Å². The summed E-state index contributed by atoms with van der Waals surface area (Å²) in [6, 6.07) is 8.01. The first kappa shape index (κ1) is 21.4. The maximum absolute atomic E-state index is 12.6. The summed E-state index contributed by atoms with van der Waals surface area (Å²) in [5.41, 5.74) is 0.569. The molecule has 0 N–H and O–H groups in total. The number of ether oxygens (including phenoxy) is 2. The van der Waals surface area contributed by atoms with Crippen molar-refractivity contribution in [1.29, 1.82) is 0 Å². The Bertz CT molecular complexity index is 916. The maximum atomic E-state index is 12.6. The molecule has 0 aliphatic carbocycles. The van der Waals surface area contributed by atoms with E-state index in [9.17, 15) is 22.8 Å². The molecule has 0 saturated carbocycles. The van der Waals surface area contributed by atoms with Crippen molar-refractivity contribution in [2.24, 2.45) is 0 Å². The number of alkyl halides is 3. The molecule has 3 rings (SSSR count). The molecule has 1 unspecified atom stereocenters. The van der Waals surface area contributed by atoms with Gasteiger partial charge in [-0.05, 0) is 36.4 Å². The number of nitrogens with zero attached hydrogens (tertiary/aromatic N) is 3. The minimum atomic E-state index is -4.79. The van der Waals surface area contributed by atoms with Gasteiger partial charge in [-0.2, -0.15) is 0 Å². The SMILES string of the molecule is CN(C)C(=O)c1cccnc1OC1CCN(C(=O)c2ccc(OC(F)(F)F)cc2)C1. The second-order valence-electron chi connectivity index (χ2n) is 6.91. The van der Waals surface area contributed by atoms with E-state index < -0.39 is 12.1 Å². The van der Waals surface area contributed by atoms with Crippen molar-refractivity contribution in [3.63, 3.8) is 0 Å². The topological polar surface area (TPSA) is 72.0 Å². The van der Waals surface area contributed by atoms with Crippen molar-refractivity contribution in [1.82, 2.24) is 14.8 Å². The van der Waals surface area contributed by atoms with E-state index in [1.807, 2.05) is 0 Å². The van der Waals surface area contributed by atoms with E-state index in [1.165, 1.54) is 23.2 Å². The van der Waals surface area contributed by atoms with E-state index >= 15 is 0 Å². The molecule has 1 aliphatic heterocycles. The number of pyridine rings is 1. The predicted octanol–water partition coefficient (Wildman–Crippen LogP) is 2.98. The zero-order valence-electron chi connectivity index (χ0n) is 16.3. The van der Waals surface area contributed by atoms with Crippen LogP contribution in [0.1, 0.15) is 27.1 Å². The Labute approximate surface area is 171 Å². The van der Waals surface area contributed by atoms with Gasteiger partial charge in [-0.15, -0.1) is 13.2 Å². The van der Waals surface area contributed by atoms with E-state index in [2.05, 4.69) is 9.72 Å². The van der Waals surface area contributed by atoms with Crippen LogP contribution in [0.5, 0.6) is 11.6 Å². The fourth-order valence-corrected chi connectivity index (χ4v) is 3.04. The van der Waals surface area contributed by atoms with Gasteiger partial charge in [0, 0.05) is 38.8 Å². The Balaban J connectivity index is 1.63. The number of amides is 2. The van der Waals surface area contributed by atoms with E-state index in [1.54, 1.807) is 31.1 Å². The average Bonchev–Trinajstić information content (AvgIpc) is 3.15. The lowest BCUT2D eigenvalue weighted by molar-refractivity contribution is -0.274. The molecule has 1 atom stereocenters. The van der Waals surface area contributed by atoms with Gasteiger partial charge in [0.25, 0.3) is 11.8 Å². The van der Waals surface area contributed by atoms with Gasteiger partial charge in [-0.25, -0.2) is 4.98 Å². The molecule has 1 aliphatic rings. The highest BCUT2D eigenvalue weighted by atomic mass is 19.4. The number of rotatable bonds is 5.